The highest BCUT2D eigenvalue weighted by molar-refractivity contribution is 5.77. The Bertz CT molecular complexity index is 592. The molecule has 2 aromatic rings. The number of hydrogen-bond donors (Lipinski definition) is 1. The van der Waals surface area contributed by atoms with Crippen molar-refractivity contribution in [3.63, 3.8) is 0 Å². The topological polar surface area (TPSA) is 73.4 Å². The fourth-order valence-electron chi connectivity index (χ4n) is 1.89. The van der Waals surface area contributed by atoms with Gasteiger partial charge in [0.25, 0.3) is 5.91 Å². The van der Waals surface area contributed by atoms with E-state index in [1.165, 1.54) is 0 Å². The smallest absolute Gasteiger partial charge is 0.260 e. The van der Waals surface area contributed by atoms with Crippen LogP contribution in [0.4, 0.5) is 0 Å². The lowest BCUT2D eigenvalue weighted by Crippen LogP contribution is -2.30. The lowest BCUT2D eigenvalue weighted by Gasteiger charge is -2.16. The zero-order valence-corrected chi connectivity index (χ0v) is 12.3. The normalized spacial score (nSPS) is 10.4. The Morgan fingerprint density at radius 3 is 2.62 bits per heavy atom. The van der Waals surface area contributed by atoms with Crippen LogP contribution in [0, 0.1) is 0 Å². The molecule has 0 aliphatic rings. The second-order valence-corrected chi connectivity index (χ2v) is 4.91. The van der Waals surface area contributed by atoms with Gasteiger partial charge in [0.05, 0.1) is 6.20 Å². The maximum Gasteiger partial charge on any atom is 0.260 e. The largest absolute Gasteiger partial charge is 0.484 e. The molecule has 6 heteroatoms. The second kappa shape index (κ2) is 6.90. The molecule has 21 heavy (non-hydrogen) atoms. The van der Waals surface area contributed by atoms with Crippen LogP contribution in [0.5, 0.6) is 5.75 Å². The summed E-state index contributed by atoms with van der Waals surface area (Å²) >= 11 is 0. The molecule has 2 N–H and O–H groups in total. The van der Waals surface area contributed by atoms with E-state index in [-0.39, 0.29) is 12.5 Å². The van der Waals surface area contributed by atoms with Gasteiger partial charge in [-0.2, -0.15) is 5.10 Å². The van der Waals surface area contributed by atoms with E-state index in [9.17, 15) is 4.79 Å². The molecule has 112 valence electrons. The number of benzene rings is 1. The van der Waals surface area contributed by atoms with Crippen molar-refractivity contribution in [1.29, 1.82) is 0 Å². The standard InChI is InChI=1S/C15H20N4O2/c1-18(9-13-8-17-19(2)10-13)15(20)11-21-14-5-3-12(7-16)4-6-14/h3-6,8,10H,7,9,11,16H2,1-2H3. The number of carbonyl (C=O) groups is 1. The van der Waals surface area contributed by atoms with Gasteiger partial charge < -0.3 is 15.4 Å². The number of likely N-dealkylation sites (N-methyl/N-ethyl adjacent to an activating group) is 1. The minimum absolute atomic E-state index is 0.0126. The molecule has 0 saturated carbocycles. The summed E-state index contributed by atoms with van der Waals surface area (Å²) in [7, 11) is 3.59. The van der Waals surface area contributed by atoms with Crippen LogP contribution >= 0.6 is 0 Å². The molecule has 0 fully saturated rings. The zero-order chi connectivity index (χ0) is 15.2. The van der Waals surface area contributed by atoms with Crippen molar-refractivity contribution in [3.05, 3.63) is 47.8 Å². The van der Waals surface area contributed by atoms with Crippen LogP contribution in [0.3, 0.4) is 0 Å². The van der Waals surface area contributed by atoms with Gasteiger partial charge in [0, 0.05) is 38.9 Å². The predicted octanol–water partition coefficient (Wildman–Crippen LogP) is 0.916. The number of aromatic nitrogens is 2. The van der Waals surface area contributed by atoms with Gasteiger partial charge in [0.1, 0.15) is 5.75 Å². The van der Waals surface area contributed by atoms with Crippen molar-refractivity contribution in [2.45, 2.75) is 13.1 Å². The molecule has 2 rings (SSSR count). The summed E-state index contributed by atoms with van der Waals surface area (Å²) in [5.74, 6) is 0.581. The summed E-state index contributed by atoms with van der Waals surface area (Å²) in [6.45, 7) is 1.02. The van der Waals surface area contributed by atoms with E-state index in [0.29, 0.717) is 18.8 Å². The molecule has 0 bridgehead atoms. The molecule has 1 aromatic heterocycles. The Hall–Kier alpha value is -2.34. The highest BCUT2D eigenvalue weighted by Crippen LogP contribution is 2.12. The van der Waals surface area contributed by atoms with Gasteiger partial charge in [0.2, 0.25) is 0 Å². The van der Waals surface area contributed by atoms with Crippen LogP contribution in [0.1, 0.15) is 11.1 Å². The van der Waals surface area contributed by atoms with Crippen molar-refractivity contribution in [2.24, 2.45) is 12.8 Å². The van der Waals surface area contributed by atoms with Crippen LogP contribution in [0.2, 0.25) is 0 Å². The van der Waals surface area contributed by atoms with E-state index < -0.39 is 0 Å². The van der Waals surface area contributed by atoms with Crippen LogP contribution < -0.4 is 10.5 Å². The molecular formula is C15H20N4O2. The Morgan fingerprint density at radius 2 is 2.05 bits per heavy atom. The van der Waals surface area contributed by atoms with Gasteiger partial charge in [-0.15, -0.1) is 0 Å². The number of hydrogen-bond acceptors (Lipinski definition) is 4. The molecule has 6 nitrogen and oxygen atoms in total. The van der Waals surface area contributed by atoms with Crippen molar-refractivity contribution >= 4 is 5.91 Å². The van der Waals surface area contributed by atoms with E-state index in [2.05, 4.69) is 5.10 Å². The third-order valence-corrected chi connectivity index (χ3v) is 3.13. The highest BCUT2D eigenvalue weighted by Gasteiger charge is 2.11. The first-order chi connectivity index (χ1) is 10.1. The SMILES string of the molecule is CN(Cc1cnn(C)c1)C(=O)COc1ccc(CN)cc1. The minimum Gasteiger partial charge on any atom is -0.484 e. The number of carbonyl (C=O) groups excluding carboxylic acids is 1. The zero-order valence-electron chi connectivity index (χ0n) is 12.3. The summed E-state index contributed by atoms with van der Waals surface area (Å²) < 4.78 is 7.19. The van der Waals surface area contributed by atoms with Crippen LogP contribution in [0.25, 0.3) is 0 Å². The fraction of sp³-hybridized carbons (Fsp3) is 0.333. The average Bonchev–Trinajstić information content (AvgIpc) is 2.90. The number of ether oxygens (including phenoxy) is 1. The average molecular weight is 288 g/mol. The van der Waals surface area contributed by atoms with Gasteiger partial charge in [-0.1, -0.05) is 12.1 Å². The lowest BCUT2D eigenvalue weighted by molar-refractivity contribution is -0.132. The van der Waals surface area contributed by atoms with Gasteiger partial charge in [-0.05, 0) is 17.7 Å². The number of nitrogens with two attached hydrogens (primary N) is 1. The molecule has 0 aliphatic heterocycles. The Morgan fingerprint density at radius 1 is 1.33 bits per heavy atom. The molecule has 0 radical (unpaired) electrons. The molecule has 0 spiro atoms. The number of nitrogens with zero attached hydrogens (tertiary/aromatic N) is 3. The predicted molar refractivity (Wildman–Crippen MR) is 79.5 cm³/mol. The molecule has 0 aliphatic carbocycles. The number of rotatable bonds is 6. The third-order valence-electron chi connectivity index (χ3n) is 3.13. The quantitative estimate of drug-likeness (QED) is 0.857. The maximum absolute atomic E-state index is 12.0. The maximum atomic E-state index is 12.0. The summed E-state index contributed by atoms with van der Waals surface area (Å²) in [5.41, 5.74) is 7.55. The Balaban J connectivity index is 1.82. The van der Waals surface area contributed by atoms with Gasteiger partial charge in [-0.25, -0.2) is 0 Å². The van der Waals surface area contributed by atoms with Crippen LogP contribution in [-0.2, 0) is 24.9 Å². The van der Waals surface area contributed by atoms with Crippen LogP contribution in [0.15, 0.2) is 36.7 Å². The summed E-state index contributed by atoms with van der Waals surface area (Å²) in [5, 5.41) is 4.08. The first-order valence-corrected chi connectivity index (χ1v) is 6.72. The van der Waals surface area contributed by atoms with Crippen molar-refractivity contribution < 1.29 is 9.53 Å². The molecule has 0 atom stereocenters. The monoisotopic (exact) mass is 288 g/mol. The van der Waals surface area contributed by atoms with E-state index in [1.807, 2.05) is 37.5 Å². The highest BCUT2D eigenvalue weighted by atomic mass is 16.5. The fourth-order valence-corrected chi connectivity index (χ4v) is 1.89. The van der Waals surface area contributed by atoms with E-state index in [4.69, 9.17) is 10.5 Å². The number of amides is 1. The van der Waals surface area contributed by atoms with E-state index in [0.717, 1.165) is 11.1 Å². The van der Waals surface area contributed by atoms with Crippen LogP contribution in [-0.4, -0.2) is 34.2 Å². The summed E-state index contributed by atoms with van der Waals surface area (Å²) in [6.07, 6.45) is 3.63. The molecule has 0 saturated heterocycles. The van der Waals surface area contributed by atoms with E-state index >= 15 is 0 Å². The van der Waals surface area contributed by atoms with E-state index in [1.54, 1.807) is 22.8 Å². The van der Waals surface area contributed by atoms with Crippen molar-refractivity contribution in [1.82, 2.24) is 14.7 Å². The molecular weight excluding hydrogens is 268 g/mol. The first kappa shape index (κ1) is 15.1. The van der Waals surface area contributed by atoms with Crippen molar-refractivity contribution in [2.75, 3.05) is 13.7 Å². The molecule has 1 aromatic carbocycles. The molecule has 0 unspecified atom stereocenters. The Kier molecular flexibility index (Phi) is 4.94. The lowest BCUT2D eigenvalue weighted by atomic mass is 10.2. The minimum atomic E-state index is -0.0817. The van der Waals surface area contributed by atoms with Crippen molar-refractivity contribution in [3.8, 4) is 5.75 Å². The van der Waals surface area contributed by atoms with Gasteiger partial charge in [0.15, 0.2) is 6.61 Å². The first-order valence-electron chi connectivity index (χ1n) is 6.72. The number of aryl methyl sites for hydroxylation is 1. The summed E-state index contributed by atoms with van der Waals surface area (Å²) in [6, 6.07) is 7.41. The van der Waals surface area contributed by atoms with Gasteiger partial charge >= 0.3 is 0 Å². The Labute approximate surface area is 124 Å². The second-order valence-electron chi connectivity index (χ2n) is 4.91. The van der Waals surface area contributed by atoms with Gasteiger partial charge in [-0.3, -0.25) is 9.48 Å². The third kappa shape index (κ3) is 4.32. The molecule has 1 amide bonds. The molecule has 1 heterocycles. The summed E-state index contributed by atoms with van der Waals surface area (Å²) in [4.78, 5) is 13.6.